The number of aryl methyl sites for hydroxylation is 2. The molecular formula is C22H25N5S. The fourth-order valence-corrected chi connectivity index (χ4v) is 4.25. The summed E-state index contributed by atoms with van der Waals surface area (Å²) in [6, 6.07) is 8.30. The second kappa shape index (κ2) is 7.43. The summed E-state index contributed by atoms with van der Waals surface area (Å²) >= 11 is 1.67. The first-order chi connectivity index (χ1) is 13.4. The van der Waals surface area contributed by atoms with Crippen molar-refractivity contribution >= 4 is 17.0 Å². The van der Waals surface area contributed by atoms with Gasteiger partial charge in [0.05, 0.1) is 27.7 Å². The number of thiazole rings is 1. The van der Waals surface area contributed by atoms with Gasteiger partial charge >= 0.3 is 0 Å². The first kappa shape index (κ1) is 18.7. The molecule has 1 aliphatic rings. The van der Waals surface area contributed by atoms with E-state index in [1.165, 1.54) is 5.56 Å². The number of rotatable bonds is 3. The molecule has 0 unspecified atom stereocenters. The maximum absolute atomic E-state index is 5.02. The second-order valence-corrected chi connectivity index (χ2v) is 9.15. The third-order valence-electron chi connectivity index (χ3n) is 4.58. The van der Waals surface area contributed by atoms with Crippen LogP contribution in [0, 0.1) is 6.92 Å². The van der Waals surface area contributed by atoms with E-state index in [1.807, 2.05) is 25.3 Å². The van der Waals surface area contributed by atoms with Crippen molar-refractivity contribution in [2.24, 2.45) is 5.10 Å². The zero-order valence-corrected chi connectivity index (χ0v) is 17.6. The van der Waals surface area contributed by atoms with E-state index in [1.54, 1.807) is 17.5 Å². The van der Waals surface area contributed by atoms with E-state index in [4.69, 9.17) is 9.97 Å². The van der Waals surface area contributed by atoms with Crippen molar-refractivity contribution in [3.8, 4) is 21.1 Å². The molecule has 0 spiro atoms. The number of fused-ring (bicyclic) bond motifs is 1. The molecule has 144 valence electrons. The molecule has 0 bridgehead atoms. The summed E-state index contributed by atoms with van der Waals surface area (Å²) in [6.07, 6.45) is 6.76. The number of nitrogens with zero attached hydrogens (tertiary/aromatic N) is 4. The zero-order valence-electron chi connectivity index (χ0n) is 16.8. The van der Waals surface area contributed by atoms with Crippen molar-refractivity contribution in [2.75, 3.05) is 0 Å². The summed E-state index contributed by atoms with van der Waals surface area (Å²) in [7, 11) is 0. The number of hydrogen-bond acceptors (Lipinski definition) is 6. The largest absolute Gasteiger partial charge is 0.304 e. The van der Waals surface area contributed by atoms with Crippen LogP contribution in [0.25, 0.3) is 21.1 Å². The van der Waals surface area contributed by atoms with Gasteiger partial charge in [-0.2, -0.15) is 5.10 Å². The molecule has 3 aromatic heterocycles. The van der Waals surface area contributed by atoms with Gasteiger partial charge in [-0.1, -0.05) is 6.07 Å². The van der Waals surface area contributed by atoms with Crippen LogP contribution in [-0.4, -0.2) is 26.2 Å². The van der Waals surface area contributed by atoms with Crippen LogP contribution < -0.4 is 5.43 Å². The quantitative estimate of drug-likeness (QED) is 0.638. The summed E-state index contributed by atoms with van der Waals surface area (Å²) in [5.41, 5.74) is 9.55. The molecule has 4 rings (SSSR count). The van der Waals surface area contributed by atoms with E-state index in [0.29, 0.717) is 0 Å². The lowest BCUT2D eigenvalue weighted by Crippen LogP contribution is -2.33. The number of nitrogens with one attached hydrogen (secondary N) is 1. The highest BCUT2D eigenvalue weighted by Crippen LogP contribution is 2.35. The van der Waals surface area contributed by atoms with Gasteiger partial charge in [-0.05, 0) is 70.7 Å². The number of hydrazone groups is 1. The summed E-state index contributed by atoms with van der Waals surface area (Å²) in [5.74, 6) is 0. The first-order valence-corrected chi connectivity index (χ1v) is 10.4. The lowest BCUT2D eigenvalue weighted by Gasteiger charge is -2.22. The molecule has 1 N–H and O–H groups in total. The molecule has 0 saturated heterocycles. The van der Waals surface area contributed by atoms with Crippen molar-refractivity contribution < 1.29 is 0 Å². The smallest absolute Gasteiger partial charge is 0.125 e. The average Bonchev–Trinajstić information content (AvgIpc) is 3.08. The van der Waals surface area contributed by atoms with Crippen LogP contribution in [0.15, 0.2) is 41.8 Å². The third kappa shape index (κ3) is 3.97. The van der Waals surface area contributed by atoms with Crippen LogP contribution >= 0.6 is 11.3 Å². The third-order valence-corrected chi connectivity index (χ3v) is 5.80. The monoisotopic (exact) mass is 391 g/mol. The Balaban J connectivity index is 1.72. The normalized spacial score (nSPS) is 15.5. The lowest BCUT2D eigenvalue weighted by molar-refractivity contribution is 0.440. The zero-order chi connectivity index (χ0) is 19.7. The van der Waals surface area contributed by atoms with Crippen LogP contribution in [0.5, 0.6) is 0 Å². The van der Waals surface area contributed by atoms with Gasteiger partial charge in [0.1, 0.15) is 5.01 Å². The number of pyridine rings is 2. The molecule has 0 aromatic carbocycles. The highest BCUT2D eigenvalue weighted by atomic mass is 32.1. The van der Waals surface area contributed by atoms with Crippen LogP contribution in [-0.2, 0) is 6.42 Å². The van der Waals surface area contributed by atoms with Gasteiger partial charge in [-0.25, -0.2) is 9.97 Å². The molecule has 0 amide bonds. The first-order valence-electron chi connectivity index (χ1n) is 9.63. The molecule has 5 nitrogen and oxygen atoms in total. The average molecular weight is 392 g/mol. The predicted octanol–water partition coefficient (Wildman–Crippen LogP) is 5.00. The number of aromatic nitrogens is 3. The molecule has 6 heteroatoms. The van der Waals surface area contributed by atoms with Gasteiger partial charge in [0, 0.05) is 23.5 Å². The Kier molecular flexibility index (Phi) is 4.98. The molecule has 0 atom stereocenters. The Hall–Kier alpha value is -2.60. The highest BCUT2D eigenvalue weighted by Gasteiger charge is 2.21. The van der Waals surface area contributed by atoms with Crippen molar-refractivity contribution in [3.05, 3.63) is 53.6 Å². The second-order valence-electron chi connectivity index (χ2n) is 8.15. The van der Waals surface area contributed by atoms with Crippen LogP contribution in [0.2, 0.25) is 0 Å². The van der Waals surface area contributed by atoms with Crippen molar-refractivity contribution in [3.63, 3.8) is 0 Å². The van der Waals surface area contributed by atoms with Crippen LogP contribution in [0.3, 0.4) is 0 Å². The summed E-state index contributed by atoms with van der Waals surface area (Å²) < 4.78 is 0. The van der Waals surface area contributed by atoms with E-state index in [2.05, 4.69) is 48.4 Å². The minimum absolute atomic E-state index is 0.0604. The SMILES string of the molecule is Cc1nc(-c2cccnc2)sc1-c1ccc2c(n1)C(=NNC(C)(C)C)CCC2. The Bertz CT molecular complexity index is 1020. The van der Waals surface area contributed by atoms with Crippen LogP contribution in [0.1, 0.15) is 50.6 Å². The van der Waals surface area contributed by atoms with Crippen molar-refractivity contribution in [1.29, 1.82) is 0 Å². The van der Waals surface area contributed by atoms with Crippen LogP contribution in [0.4, 0.5) is 0 Å². The molecular weight excluding hydrogens is 366 g/mol. The standard InChI is InChI=1S/C22H25N5S/c1-14-20(28-21(24-14)16-8-6-12-23-13-16)18-11-10-15-7-5-9-17(19(15)25-18)26-27-22(2,3)4/h6,8,10-13,27H,5,7,9H2,1-4H3. The molecule has 3 heterocycles. The Labute approximate surface area is 170 Å². The van der Waals surface area contributed by atoms with Gasteiger partial charge in [0.25, 0.3) is 0 Å². The summed E-state index contributed by atoms with van der Waals surface area (Å²) in [6.45, 7) is 8.39. The van der Waals surface area contributed by atoms with Gasteiger partial charge in [-0.15, -0.1) is 11.3 Å². The van der Waals surface area contributed by atoms with Crippen molar-refractivity contribution in [2.45, 2.75) is 52.5 Å². The van der Waals surface area contributed by atoms with E-state index < -0.39 is 0 Å². The molecule has 3 aromatic rings. The molecule has 0 saturated carbocycles. The van der Waals surface area contributed by atoms with E-state index in [9.17, 15) is 0 Å². The van der Waals surface area contributed by atoms with Gasteiger partial charge in [0.15, 0.2) is 0 Å². The maximum Gasteiger partial charge on any atom is 0.125 e. The van der Waals surface area contributed by atoms with Crippen molar-refractivity contribution in [1.82, 2.24) is 20.4 Å². The minimum atomic E-state index is -0.0604. The molecule has 28 heavy (non-hydrogen) atoms. The Morgan fingerprint density at radius 1 is 1.11 bits per heavy atom. The van der Waals surface area contributed by atoms with E-state index in [-0.39, 0.29) is 5.54 Å². The fraction of sp³-hybridized carbons (Fsp3) is 0.364. The minimum Gasteiger partial charge on any atom is -0.304 e. The lowest BCUT2D eigenvalue weighted by atomic mass is 9.94. The summed E-state index contributed by atoms with van der Waals surface area (Å²) in [4.78, 5) is 15.1. The van der Waals surface area contributed by atoms with E-state index in [0.717, 1.165) is 57.5 Å². The summed E-state index contributed by atoms with van der Waals surface area (Å²) in [5, 5.41) is 5.66. The Morgan fingerprint density at radius 3 is 2.71 bits per heavy atom. The molecule has 0 radical (unpaired) electrons. The predicted molar refractivity (Wildman–Crippen MR) is 116 cm³/mol. The highest BCUT2D eigenvalue weighted by molar-refractivity contribution is 7.18. The molecule has 0 fully saturated rings. The van der Waals surface area contributed by atoms with Gasteiger partial charge < -0.3 is 5.43 Å². The number of hydrogen-bond donors (Lipinski definition) is 1. The topological polar surface area (TPSA) is 63.1 Å². The van der Waals surface area contributed by atoms with Gasteiger partial charge in [0.2, 0.25) is 0 Å². The Morgan fingerprint density at radius 2 is 1.96 bits per heavy atom. The molecule has 0 aliphatic heterocycles. The van der Waals surface area contributed by atoms with Gasteiger partial charge in [-0.3, -0.25) is 4.98 Å². The fourth-order valence-electron chi connectivity index (χ4n) is 3.22. The maximum atomic E-state index is 5.02. The molecule has 1 aliphatic carbocycles. The van der Waals surface area contributed by atoms with E-state index >= 15 is 0 Å².